The first kappa shape index (κ1) is 16.7. The lowest BCUT2D eigenvalue weighted by molar-refractivity contribution is -0.140. The summed E-state index contributed by atoms with van der Waals surface area (Å²) < 4.78 is 23.9. The molecule has 0 aliphatic heterocycles. The molecule has 2 N–H and O–H groups in total. The SMILES string of the molecule is CC(=O)N[C@@H](CS(=O)(=O)Cc1ccc(C#N)cc1)C(=O)O. The molecule has 1 aromatic rings. The Labute approximate surface area is 122 Å². The van der Waals surface area contributed by atoms with E-state index in [0.29, 0.717) is 11.1 Å². The van der Waals surface area contributed by atoms with E-state index in [1.54, 1.807) is 0 Å². The number of amides is 1. The van der Waals surface area contributed by atoms with Crippen LogP contribution in [0, 0.1) is 11.3 Å². The van der Waals surface area contributed by atoms with Gasteiger partial charge in [0.25, 0.3) is 0 Å². The van der Waals surface area contributed by atoms with Crippen LogP contribution in [0.1, 0.15) is 18.1 Å². The minimum absolute atomic E-state index is 0.359. The molecule has 1 amide bonds. The zero-order chi connectivity index (χ0) is 16.0. The van der Waals surface area contributed by atoms with E-state index in [1.807, 2.05) is 6.07 Å². The Balaban J connectivity index is 2.82. The molecule has 0 unspecified atom stereocenters. The number of sulfone groups is 1. The Kier molecular flexibility index (Phi) is 5.44. The first-order chi connectivity index (χ1) is 9.73. The van der Waals surface area contributed by atoms with Crippen molar-refractivity contribution in [3.8, 4) is 6.07 Å². The van der Waals surface area contributed by atoms with E-state index in [0.717, 1.165) is 6.92 Å². The van der Waals surface area contributed by atoms with E-state index in [1.165, 1.54) is 24.3 Å². The van der Waals surface area contributed by atoms with Crippen LogP contribution in [0.4, 0.5) is 0 Å². The number of rotatable bonds is 6. The van der Waals surface area contributed by atoms with Crippen LogP contribution in [0.5, 0.6) is 0 Å². The number of hydrogen-bond acceptors (Lipinski definition) is 5. The second kappa shape index (κ2) is 6.85. The van der Waals surface area contributed by atoms with Crippen LogP contribution in [0.3, 0.4) is 0 Å². The highest BCUT2D eigenvalue weighted by molar-refractivity contribution is 7.90. The Hall–Kier alpha value is -2.40. The molecule has 0 bridgehead atoms. The van der Waals surface area contributed by atoms with Crippen LogP contribution in [-0.4, -0.2) is 37.2 Å². The third-order valence-electron chi connectivity index (χ3n) is 2.57. The van der Waals surface area contributed by atoms with E-state index in [9.17, 15) is 18.0 Å². The average Bonchev–Trinajstić information content (AvgIpc) is 2.37. The Morgan fingerprint density at radius 1 is 1.33 bits per heavy atom. The van der Waals surface area contributed by atoms with Crippen molar-refractivity contribution in [3.63, 3.8) is 0 Å². The van der Waals surface area contributed by atoms with Crippen LogP contribution in [0.2, 0.25) is 0 Å². The largest absolute Gasteiger partial charge is 0.480 e. The molecule has 0 spiro atoms. The second-order valence-corrected chi connectivity index (χ2v) is 6.56. The highest BCUT2D eigenvalue weighted by Crippen LogP contribution is 2.09. The maximum atomic E-state index is 12.0. The molecular formula is C13H14N2O5S. The number of nitrogens with one attached hydrogen (secondary N) is 1. The van der Waals surface area contributed by atoms with Crippen molar-refractivity contribution >= 4 is 21.7 Å². The number of aliphatic carboxylic acids is 1. The van der Waals surface area contributed by atoms with Crippen molar-refractivity contribution in [1.29, 1.82) is 5.26 Å². The Morgan fingerprint density at radius 3 is 2.33 bits per heavy atom. The normalized spacial score (nSPS) is 12.2. The van der Waals surface area contributed by atoms with Gasteiger partial charge in [-0.2, -0.15) is 5.26 Å². The summed E-state index contributed by atoms with van der Waals surface area (Å²) in [6.45, 7) is 1.11. The molecule has 0 saturated heterocycles. The van der Waals surface area contributed by atoms with Crippen LogP contribution in [0.25, 0.3) is 0 Å². The van der Waals surface area contributed by atoms with Crippen molar-refractivity contribution in [2.45, 2.75) is 18.7 Å². The molecule has 112 valence electrons. The third kappa shape index (κ3) is 5.62. The van der Waals surface area contributed by atoms with Gasteiger partial charge >= 0.3 is 5.97 Å². The fourth-order valence-corrected chi connectivity index (χ4v) is 3.21. The van der Waals surface area contributed by atoms with Gasteiger partial charge in [0.15, 0.2) is 9.84 Å². The lowest BCUT2D eigenvalue weighted by Gasteiger charge is -2.13. The third-order valence-corrected chi connectivity index (χ3v) is 4.18. The number of carbonyl (C=O) groups excluding carboxylic acids is 1. The van der Waals surface area contributed by atoms with E-state index >= 15 is 0 Å². The van der Waals surface area contributed by atoms with Gasteiger partial charge in [-0.15, -0.1) is 0 Å². The number of nitriles is 1. The van der Waals surface area contributed by atoms with E-state index < -0.39 is 33.5 Å². The van der Waals surface area contributed by atoms with Gasteiger partial charge in [0.2, 0.25) is 5.91 Å². The summed E-state index contributed by atoms with van der Waals surface area (Å²) in [5.74, 6) is -3.08. The predicted molar refractivity (Wildman–Crippen MR) is 73.9 cm³/mol. The highest BCUT2D eigenvalue weighted by atomic mass is 32.2. The maximum absolute atomic E-state index is 12.0. The number of benzene rings is 1. The summed E-state index contributed by atoms with van der Waals surface area (Å²) in [6, 6.07) is 6.37. The molecule has 0 radical (unpaired) electrons. The summed E-state index contributed by atoms with van der Waals surface area (Å²) in [6.07, 6.45) is 0. The minimum atomic E-state index is -3.72. The van der Waals surface area contributed by atoms with E-state index in [-0.39, 0.29) is 5.75 Å². The first-order valence-corrected chi connectivity index (χ1v) is 7.75. The molecule has 7 nitrogen and oxygen atoms in total. The quantitative estimate of drug-likeness (QED) is 0.765. The standard InChI is InChI=1S/C13H14N2O5S/c1-9(16)15-12(13(17)18)8-21(19,20)7-11-4-2-10(6-14)3-5-11/h2-5,12H,7-8H2,1H3,(H,15,16)(H,17,18)/t12-/m0/s1. The number of carboxylic acids is 1. The molecule has 0 heterocycles. The number of nitrogens with zero attached hydrogens (tertiary/aromatic N) is 1. The number of hydrogen-bond donors (Lipinski definition) is 2. The van der Waals surface area contributed by atoms with Crippen LogP contribution < -0.4 is 5.32 Å². The molecule has 1 aromatic carbocycles. The zero-order valence-corrected chi connectivity index (χ0v) is 12.1. The average molecular weight is 310 g/mol. The zero-order valence-electron chi connectivity index (χ0n) is 11.2. The van der Waals surface area contributed by atoms with Gasteiger partial charge in [0, 0.05) is 6.92 Å². The molecule has 1 atom stereocenters. The summed E-state index contributed by atoms with van der Waals surface area (Å²) >= 11 is 0. The molecule has 8 heteroatoms. The van der Waals surface area contributed by atoms with E-state index in [4.69, 9.17) is 10.4 Å². The van der Waals surface area contributed by atoms with Crippen molar-refractivity contribution in [2.24, 2.45) is 0 Å². The second-order valence-electron chi connectivity index (χ2n) is 4.45. The molecule has 0 saturated carbocycles. The lowest BCUT2D eigenvalue weighted by atomic mass is 10.2. The van der Waals surface area contributed by atoms with Crippen molar-refractivity contribution in [3.05, 3.63) is 35.4 Å². The van der Waals surface area contributed by atoms with Gasteiger partial charge in [-0.1, -0.05) is 12.1 Å². The fourth-order valence-electron chi connectivity index (χ4n) is 1.66. The van der Waals surface area contributed by atoms with Gasteiger partial charge in [-0.05, 0) is 17.7 Å². The van der Waals surface area contributed by atoms with Gasteiger partial charge < -0.3 is 10.4 Å². The first-order valence-electron chi connectivity index (χ1n) is 5.93. The van der Waals surface area contributed by atoms with Crippen LogP contribution >= 0.6 is 0 Å². The van der Waals surface area contributed by atoms with Gasteiger partial charge in [0.1, 0.15) is 6.04 Å². The van der Waals surface area contributed by atoms with E-state index in [2.05, 4.69) is 5.32 Å². The smallest absolute Gasteiger partial charge is 0.327 e. The summed E-state index contributed by atoms with van der Waals surface area (Å²) in [4.78, 5) is 21.8. The van der Waals surface area contributed by atoms with Gasteiger partial charge in [-0.25, -0.2) is 13.2 Å². The summed E-state index contributed by atoms with van der Waals surface area (Å²) in [5, 5.41) is 19.6. The number of carbonyl (C=O) groups is 2. The molecule has 1 rings (SSSR count). The summed E-state index contributed by atoms with van der Waals surface area (Å²) in [5.41, 5.74) is 0.846. The van der Waals surface area contributed by atoms with Crippen molar-refractivity contribution in [1.82, 2.24) is 5.32 Å². The highest BCUT2D eigenvalue weighted by Gasteiger charge is 2.26. The van der Waals surface area contributed by atoms with Crippen molar-refractivity contribution in [2.75, 3.05) is 5.75 Å². The van der Waals surface area contributed by atoms with Crippen LogP contribution in [-0.2, 0) is 25.2 Å². The maximum Gasteiger partial charge on any atom is 0.327 e. The fraction of sp³-hybridized carbons (Fsp3) is 0.308. The Morgan fingerprint density at radius 2 is 1.90 bits per heavy atom. The summed E-state index contributed by atoms with van der Waals surface area (Å²) in [7, 11) is -3.72. The molecule has 0 aliphatic carbocycles. The predicted octanol–water partition coefficient (Wildman–Crippen LogP) is 0.0624. The van der Waals surface area contributed by atoms with Gasteiger partial charge in [0.05, 0.1) is 23.1 Å². The molecule has 0 aliphatic rings. The molecule has 0 aromatic heterocycles. The monoisotopic (exact) mass is 310 g/mol. The van der Waals surface area contributed by atoms with Crippen LogP contribution in [0.15, 0.2) is 24.3 Å². The van der Waals surface area contributed by atoms with Gasteiger partial charge in [-0.3, -0.25) is 4.79 Å². The topological polar surface area (TPSA) is 124 Å². The van der Waals surface area contributed by atoms with Crippen molar-refractivity contribution < 1.29 is 23.1 Å². The molecule has 0 fully saturated rings. The molecular weight excluding hydrogens is 296 g/mol. The molecule has 21 heavy (non-hydrogen) atoms. The number of carboxylic acid groups (broad SMARTS) is 1. The lowest BCUT2D eigenvalue weighted by Crippen LogP contribution is -2.44. The Bertz CT molecular complexity index is 674. The minimum Gasteiger partial charge on any atom is -0.480 e.